The molecule has 0 heterocycles. The van der Waals surface area contributed by atoms with Crippen LogP contribution in [0.1, 0.15) is 45.1 Å². The molecule has 0 aliphatic carbocycles. The Morgan fingerprint density at radius 1 is 0.875 bits per heavy atom. The number of nitrogens with one attached hydrogen (secondary N) is 3. The first-order valence-electron chi connectivity index (χ1n) is 12.7. The monoisotopic (exact) mass is 564 g/mol. The minimum Gasteiger partial charge on any atom is -0.508 e. The lowest BCUT2D eigenvalue weighted by atomic mass is 10.0. The molecule has 1 aromatic carbocycles. The first-order valence-corrected chi connectivity index (χ1v) is 12.7. The molecule has 15 heteroatoms. The van der Waals surface area contributed by atoms with E-state index in [9.17, 15) is 34.2 Å². The van der Waals surface area contributed by atoms with Gasteiger partial charge in [0, 0.05) is 19.4 Å². The van der Waals surface area contributed by atoms with Gasteiger partial charge in [-0.1, -0.05) is 26.0 Å². The third kappa shape index (κ3) is 12.4. The van der Waals surface area contributed by atoms with Crippen LogP contribution in [0.25, 0.3) is 0 Å². The van der Waals surface area contributed by atoms with Crippen molar-refractivity contribution in [3.8, 4) is 5.75 Å². The van der Waals surface area contributed by atoms with Crippen LogP contribution in [0.2, 0.25) is 0 Å². The van der Waals surface area contributed by atoms with Gasteiger partial charge in [-0.05, 0) is 42.9 Å². The number of carboxylic acids is 1. The van der Waals surface area contributed by atoms with Gasteiger partial charge in [0.1, 0.15) is 23.9 Å². The third-order valence-corrected chi connectivity index (χ3v) is 5.86. The van der Waals surface area contributed by atoms with Crippen molar-refractivity contribution in [2.24, 2.45) is 33.8 Å². The summed E-state index contributed by atoms with van der Waals surface area (Å²) in [4.78, 5) is 65.9. The molecule has 0 radical (unpaired) electrons. The number of carboxylic acid groups (broad SMARTS) is 1. The summed E-state index contributed by atoms with van der Waals surface area (Å²) in [6.45, 7) is 3.45. The minimum absolute atomic E-state index is 0.00194. The van der Waals surface area contributed by atoms with Gasteiger partial charge in [0.15, 0.2) is 5.96 Å². The molecular formula is C25H40N8O7. The van der Waals surface area contributed by atoms with Crippen molar-refractivity contribution in [3.05, 3.63) is 29.8 Å². The molecule has 0 spiro atoms. The summed E-state index contributed by atoms with van der Waals surface area (Å²) in [5.74, 6) is -4.82. The number of nitrogens with zero attached hydrogens (tertiary/aromatic N) is 1. The Hall–Kier alpha value is -4.40. The number of hydrogen-bond donors (Lipinski definition) is 9. The number of phenolic OH excluding ortho intramolecular Hbond substituents is 1. The number of amides is 4. The molecule has 4 atom stereocenters. The summed E-state index contributed by atoms with van der Waals surface area (Å²) < 4.78 is 0. The van der Waals surface area contributed by atoms with Crippen molar-refractivity contribution < 1.29 is 34.2 Å². The summed E-state index contributed by atoms with van der Waals surface area (Å²) in [5, 5.41) is 26.4. The van der Waals surface area contributed by atoms with Crippen LogP contribution >= 0.6 is 0 Å². The molecule has 0 aliphatic rings. The predicted octanol–water partition coefficient (Wildman–Crippen LogP) is -2.22. The molecule has 4 amide bonds. The van der Waals surface area contributed by atoms with Gasteiger partial charge < -0.3 is 49.1 Å². The molecule has 40 heavy (non-hydrogen) atoms. The Kier molecular flexibility index (Phi) is 13.9. The van der Waals surface area contributed by atoms with Crippen LogP contribution in [0, 0.1) is 5.92 Å². The maximum Gasteiger partial charge on any atom is 0.326 e. The van der Waals surface area contributed by atoms with Gasteiger partial charge in [-0.3, -0.25) is 24.2 Å². The predicted molar refractivity (Wildman–Crippen MR) is 146 cm³/mol. The number of benzene rings is 1. The van der Waals surface area contributed by atoms with E-state index in [0.717, 1.165) is 0 Å². The molecule has 222 valence electrons. The number of carbonyl (C=O) groups is 5. The molecule has 13 N–H and O–H groups in total. The van der Waals surface area contributed by atoms with E-state index in [2.05, 4.69) is 20.9 Å². The highest BCUT2D eigenvalue weighted by Gasteiger charge is 2.31. The molecule has 1 aromatic rings. The molecule has 1 rings (SSSR count). The lowest BCUT2D eigenvalue weighted by molar-refractivity contribution is -0.143. The Bertz CT molecular complexity index is 1060. The quantitative estimate of drug-likeness (QED) is 0.0558. The van der Waals surface area contributed by atoms with Crippen molar-refractivity contribution in [1.82, 2.24) is 16.0 Å². The van der Waals surface area contributed by atoms with Gasteiger partial charge >= 0.3 is 5.97 Å². The number of aromatic hydroxyl groups is 1. The van der Waals surface area contributed by atoms with Gasteiger partial charge in [0.2, 0.25) is 23.6 Å². The molecule has 4 unspecified atom stereocenters. The molecule has 0 bridgehead atoms. The average Bonchev–Trinajstić information content (AvgIpc) is 2.87. The minimum atomic E-state index is -1.33. The first-order chi connectivity index (χ1) is 18.7. The smallest absolute Gasteiger partial charge is 0.326 e. The van der Waals surface area contributed by atoms with Crippen LogP contribution in [0.5, 0.6) is 5.75 Å². The highest BCUT2D eigenvalue weighted by Crippen LogP contribution is 2.12. The Morgan fingerprint density at radius 2 is 1.45 bits per heavy atom. The summed E-state index contributed by atoms with van der Waals surface area (Å²) in [7, 11) is 0. The lowest BCUT2D eigenvalue weighted by Crippen LogP contribution is -2.58. The Morgan fingerprint density at radius 3 is 1.98 bits per heavy atom. The van der Waals surface area contributed by atoms with E-state index < -0.39 is 59.7 Å². The third-order valence-electron chi connectivity index (χ3n) is 5.86. The van der Waals surface area contributed by atoms with Crippen LogP contribution in [-0.2, 0) is 30.4 Å². The number of nitrogens with two attached hydrogens (primary N) is 4. The van der Waals surface area contributed by atoms with Crippen LogP contribution in [0.4, 0.5) is 0 Å². The van der Waals surface area contributed by atoms with Crippen molar-refractivity contribution in [2.45, 2.75) is 70.1 Å². The molecule has 0 fully saturated rings. The highest BCUT2D eigenvalue weighted by molar-refractivity contribution is 5.94. The largest absolute Gasteiger partial charge is 0.508 e. The summed E-state index contributed by atoms with van der Waals surface area (Å²) in [5.41, 5.74) is 22.3. The van der Waals surface area contributed by atoms with Gasteiger partial charge in [0.25, 0.3) is 0 Å². The maximum absolute atomic E-state index is 13.3. The van der Waals surface area contributed by atoms with Gasteiger partial charge in [0.05, 0.1) is 6.04 Å². The zero-order chi connectivity index (χ0) is 30.4. The second kappa shape index (κ2) is 16.5. The number of aliphatic imine (C=N–C) groups is 1. The molecule has 15 nitrogen and oxygen atoms in total. The molecule has 0 saturated carbocycles. The zero-order valence-corrected chi connectivity index (χ0v) is 22.6. The van der Waals surface area contributed by atoms with E-state index >= 15 is 0 Å². The Labute approximate surface area is 232 Å². The Balaban J connectivity index is 3.12. The number of aliphatic carboxylic acids is 1. The number of carbonyl (C=O) groups excluding carboxylic acids is 4. The van der Waals surface area contributed by atoms with Crippen LogP contribution in [0.3, 0.4) is 0 Å². The van der Waals surface area contributed by atoms with Crippen molar-refractivity contribution in [2.75, 3.05) is 6.54 Å². The van der Waals surface area contributed by atoms with Gasteiger partial charge in [-0.15, -0.1) is 0 Å². The summed E-state index contributed by atoms with van der Waals surface area (Å²) in [6, 6.07) is 1.12. The van der Waals surface area contributed by atoms with E-state index in [-0.39, 0.29) is 43.9 Å². The topological polar surface area (TPSA) is 278 Å². The fourth-order valence-corrected chi connectivity index (χ4v) is 3.60. The second-order valence-corrected chi connectivity index (χ2v) is 9.62. The van der Waals surface area contributed by atoms with E-state index in [1.165, 1.54) is 12.1 Å². The zero-order valence-electron chi connectivity index (χ0n) is 22.6. The van der Waals surface area contributed by atoms with E-state index in [4.69, 9.17) is 22.9 Å². The number of phenols is 1. The molecule has 0 saturated heterocycles. The average molecular weight is 565 g/mol. The summed E-state index contributed by atoms with van der Waals surface area (Å²) in [6.07, 6.45) is 0.101. The number of rotatable bonds is 17. The van der Waals surface area contributed by atoms with Gasteiger partial charge in [-0.25, -0.2) is 4.79 Å². The fraction of sp³-hybridized carbons (Fsp3) is 0.520. The van der Waals surface area contributed by atoms with E-state index in [1.54, 1.807) is 26.0 Å². The number of primary amides is 1. The van der Waals surface area contributed by atoms with Crippen molar-refractivity contribution in [1.29, 1.82) is 0 Å². The van der Waals surface area contributed by atoms with Crippen LogP contribution in [0.15, 0.2) is 29.3 Å². The lowest BCUT2D eigenvalue weighted by Gasteiger charge is -2.26. The van der Waals surface area contributed by atoms with Crippen LogP contribution < -0.4 is 38.9 Å². The fourth-order valence-electron chi connectivity index (χ4n) is 3.60. The maximum atomic E-state index is 13.3. The number of guanidine groups is 1. The molecule has 0 aromatic heterocycles. The standard InChI is InChI=1S/C25H40N8O7/c1-13(2)20(24(39)40)33-22(37)17(9-10-19(27)35)31-23(38)18(12-14-5-7-15(34)8-6-14)32-21(36)16(26)4-3-11-30-25(28)29/h5-8,13,16-18,20,34H,3-4,9-12,26H2,1-2H3,(H2,27,35)(H,31,38)(H,32,36)(H,33,37)(H,39,40)(H4,28,29,30). The van der Waals surface area contributed by atoms with E-state index in [1.807, 2.05) is 0 Å². The van der Waals surface area contributed by atoms with Gasteiger partial charge in [-0.2, -0.15) is 0 Å². The van der Waals surface area contributed by atoms with Crippen molar-refractivity contribution in [3.63, 3.8) is 0 Å². The normalized spacial score (nSPS) is 13.8. The highest BCUT2D eigenvalue weighted by atomic mass is 16.4. The molecular weight excluding hydrogens is 524 g/mol. The molecule has 0 aliphatic heterocycles. The number of hydrogen-bond acceptors (Lipinski definition) is 8. The SMILES string of the molecule is CC(C)C(NC(=O)C(CCC(N)=O)NC(=O)C(Cc1ccc(O)cc1)NC(=O)C(N)CCCN=C(N)N)C(=O)O. The first kappa shape index (κ1) is 33.6. The summed E-state index contributed by atoms with van der Waals surface area (Å²) >= 11 is 0. The second-order valence-electron chi connectivity index (χ2n) is 9.62. The van der Waals surface area contributed by atoms with Crippen molar-refractivity contribution >= 4 is 35.6 Å². The van der Waals surface area contributed by atoms with E-state index in [0.29, 0.717) is 12.0 Å². The van der Waals surface area contributed by atoms with Crippen LogP contribution in [-0.4, -0.2) is 76.5 Å².